The molecule has 124 valence electrons. The molecule has 6 heteroatoms. The van der Waals surface area contributed by atoms with Crippen LogP contribution in [0.25, 0.3) is 10.8 Å². The first-order valence-corrected chi connectivity index (χ1v) is 9.38. The summed E-state index contributed by atoms with van der Waals surface area (Å²) < 4.78 is 33.2. The van der Waals surface area contributed by atoms with Gasteiger partial charge in [-0.25, -0.2) is 8.42 Å². The van der Waals surface area contributed by atoms with Crippen LogP contribution < -0.4 is 10.5 Å². The summed E-state index contributed by atoms with van der Waals surface area (Å²) in [7, 11) is -3.56. The fraction of sp³-hybridized carbons (Fsp3) is 0.412. The molecule has 1 saturated heterocycles. The summed E-state index contributed by atoms with van der Waals surface area (Å²) in [5.41, 5.74) is 5.95. The van der Waals surface area contributed by atoms with E-state index in [1.807, 2.05) is 31.2 Å². The molecule has 2 aromatic carbocycles. The molecule has 0 aromatic heterocycles. The molecule has 0 radical (unpaired) electrons. The zero-order valence-electron chi connectivity index (χ0n) is 13.2. The first kappa shape index (κ1) is 16.2. The van der Waals surface area contributed by atoms with E-state index >= 15 is 0 Å². The van der Waals surface area contributed by atoms with Gasteiger partial charge in [0.25, 0.3) is 0 Å². The summed E-state index contributed by atoms with van der Waals surface area (Å²) >= 11 is 0. The lowest BCUT2D eigenvalue weighted by Gasteiger charge is -2.30. The molecule has 0 saturated carbocycles. The summed E-state index contributed by atoms with van der Waals surface area (Å²) in [6, 6.07) is 10.7. The van der Waals surface area contributed by atoms with Crippen LogP contribution in [0, 0.1) is 0 Å². The van der Waals surface area contributed by atoms with Crippen LogP contribution in [0.2, 0.25) is 0 Å². The van der Waals surface area contributed by atoms with Gasteiger partial charge in [-0.1, -0.05) is 24.3 Å². The molecule has 0 amide bonds. The highest BCUT2D eigenvalue weighted by atomic mass is 32.2. The maximum Gasteiger partial charge on any atom is 0.243 e. The third-order valence-electron chi connectivity index (χ3n) is 4.18. The van der Waals surface area contributed by atoms with Gasteiger partial charge in [-0.05, 0) is 31.9 Å². The molecule has 0 bridgehead atoms. The Morgan fingerprint density at radius 1 is 1.22 bits per heavy atom. The van der Waals surface area contributed by atoms with Crippen LogP contribution in [0.5, 0.6) is 5.75 Å². The molecular formula is C17H22N2O3S. The molecule has 1 fully saturated rings. The van der Waals surface area contributed by atoms with E-state index in [0.29, 0.717) is 35.7 Å². The molecule has 5 nitrogen and oxygen atoms in total. The Morgan fingerprint density at radius 3 is 2.65 bits per heavy atom. The SMILES string of the molecule is CCOc1ccc(S(=O)(=O)N2CCCC(N)C2)c2ccccc12. The van der Waals surface area contributed by atoms with Gasteiger partial charge in [-0.3, -0.25) is 0 Å². The molecular weight excluding hydrogens is 312 g/mol. The summed E-state index contributed by atoms with van der Waals surface area (Å²) in [5.74, 6) is 0.706. The van der Waals surface area contributed by atoms with Gasteiger partial charge in [0, 0.05) is 29.9 Å². The zero-order chi connectivity index (χ0) is 16.4. The van der Waals surface area contributed by atoms with Crippen molar-refractivity contribution in [2.24, 2.45) is 5.73 Å². The first-order chi connectivity index (χ1) is 11.0. The third-order valence-corrected chi connectivity index (χ3v) is 6.11. The van der Waals surface area contributed by atoms with E-state index in [1.165, 1.54) is 4.31 Å². The van der Waals surface area contributed by atoms with Crippen LogP contribution >= 0.6 is 0 Å². The largest absolute Gasteiger partial charge is 0.493 e. The lowest BCUT2D eigenvalue weighted by atomic mass is 10.1. The highest BCUT2D eigenvalue weighted by Gasteiger charge is 2.30. The smallest absolute Gasteiger partial charge is 0.243 e. The number of hydrogen-bond donors (Lipinski definition) is 1. The first-order valence-electron chi connectivity index (χ1n) is 7.94. The zero-order valence-corrected chi connectivity index (χ0v) is 14.1. The van der Waals surface area contributed by atoms with Crippen LogP contribution in [0.1, 0.15) is 19.8 Å². The molecule has 1 aliphatic heterocycles. The van der Waals surface area contributed by atoms with Crippen molar-refractivity contribution in [3.63, 3.8) is 0 Å². The molecule has 1 heterocycles. The average Bonchev–Trinajstić information content (AvgIpc) is 2.55. The number of ether oxygens (including phenoxy) is 1. The minimum Gasteiger partial charge on any atom is -0.493 e. The van der Waals surface area contributed by atoms with Crippen molar-refractivity contribution in [2.45, 2.75) is 30.7 Å². The van der Waals surface area contributed by atoms with E-state index in [1.54, 1.807) is 12.1 Å². The number of piperidine rings is 1. The molecule has 2 N–H and O–H groups in total. The van der Waals surface area contributed by atoms with Crippen molar-refractivity contribution in [2.75, 3.05) is 19.7 Å². The van der Waals surface area contributed by atoms with E-state index in [0.717, 1.165) is 18.2 Å². The van der Waals surface area contributed by atoms with Gasteiger partial charge in [0.05, 0.1) is 11.5 Å². The normalized spacial score (nSPS) is 19.8. The van der Waals surface area contributed by atoms with Crippen molar-refractivity contribution in [3.05, 3.63) is 36.4 Å². The van der Waals surface area contributed by atoms with Crippen LogP contribution in [-0.4, -0.2) is 38.5 Å². The average molecular weight is 334 g/mol. The Bertz CT molecular complexity index is 805. The third kappa shape index (κ3) is 3.06. The topological polar surface area (TPSA) is 72.6 Å². The van der Waals surface area contributed by atoms with Crippen molar-refractivity contribution in [1.29, 1.82) is 0 Å². The van der Waals surface area contributed by atoms with Gasteiger partial charge in [-0.2, -0.15) is 4.31 Å². The van der Waals surface area contributed by atoms with Gasteiger partial charge < -0.3 is 10.5 Å². The minimum atomic E-state index is -3.56. The molecule has 3 rings (SSSR count). The summed E-state index contributed by atoms with van der Waals surface area (Å²) in [4.78, 5) is 0.325. The lowest BCUT2D eigenvalue weighted by Crippen LogP contribution is -2.45. The van der Waals surface area contributed by atoms with Crippen LogP contribution in [0.15, 0.2) is 41.3 Å². The number of nitrogens with two attached hydrogens (primary N) is 1. The van der Waals surface area contributed by atoms with Crippen LogP contribution in [0.4, 0.5) is 0 Å². The molecule has 1 unspecified atom stereocenters. The van der Waals surface area contributed by atoms with E-state index in [-0.39, 0.29) is 6.04 Å². The Kier molecular flexibility index (Phi) is 4.57. The molecule has 23 heavy (non-hydrogen) atoms. The fourth-order valence-corrected chi connectivity index (χ4v) is 4.81. The Hall–Kier alpha value is -1.63. The Labute approximate surface area is 137 Å². The predicted molar refractivity (Wildman–Crippen MR) is 91.1 cm³/mol. The second kappa shape index (κ2) is 6.47. The number of benzene rings is 2. The Balaban J connectivity index is 2.11. The van der Waals surface area contributed by atoms with Gasteiger partial charge >= 0.3 is 0 Å². The second-order valence-electron chi connectivity index (χ2n) is 5.81. The van der Waals surface area contributed by atoms with E-state index in [2.05, 4.69) is 0 Å². The van der Waals surface area contributed by atoms with E-state index in [4.69, 9.17) is 10.5 Å². The second-order valence-corrected chi connectivity index (χ2v) is 7.71. The number of nitrogens with zero attached hydrogens (tertiary/aromatic N) is 1. The highest BCUT2D eigenvalue weighted by molar-refractivity contribution is 7.89. The number of rotatable bonds is 4. The lowest BCUT2D eigenvalue weighted by molar-refractivity contribution is 0.316. The number of hydrogen-bond acceptors (Lipinski definition) is 4. The van der Waals surface area contributed by atoms with Crippen LogP contribution in [0.3, 0.4) is 0 Å². The van der Waals surface area contributed by atoms with Crippen molar-refractivity contribution in [3.8, 4) is 5.75 Å². The fourth-order valence-electron chi connectivity index (χ4n) is 3.08. The summed E-state index contributed by atoms with van der Waals surface area (Å²) in [6.07, 6.45) is 1.67. The maximum absolute atomic E-state index is 13.0. The summed E-state index contributed by atoms with van der Waals surface area (Å²) in [6.45, 7) is 3.35. The monoisotopic (exact) mass is 334 g/mol. The molecule has 2 aromatic rings. The molecule has 1 aliphatic rings. The highest BCUT2D eigenvalue weighted by Crippen LogP contribution is 2.33. The predicted octanol–water partition coefficient (Wildman–Crippen LogP) is 2.35. The van der Waals surface area contributed by atoms with Crippen LogP contribution in [-0.2, 0) is 10.0 Å². The Morgan fingerprint density at radius 2 is 1.96 bits per heavy atom. The van der Waals surface area contributed by atoms with Crippen molar-refractivity contribution >= 4 is 20.8 Å². The van der Waals surface area contributed by atoms with E-state index in [9.17, 15) is 8.42 Å². The number of sulfonamides is 1. The van der Waals surface area contributed by atoms with E-state index < -0.39 is 10.0 Å². The van der Waals surface area contributed by atoms with Gasteiger partial charge in [0.2, 0.25) is 10.0 Å². The summed E-state index contributed by atoms with van der Waals surface area (Å²) in [5, 5.41) is 1.51. The molecule has 1 atom stereocenters. The quantitative estimate of drug-likeness (QED) is 0.931. The van der Waals surface area contributed by atoms with Gasteiger partial charge in [0.1, 0.15) is 5.75 Å². The standard InChI is InChI=1S/C17H22N2O3S/c1-2-22-16-9-10-17(15-8-4-3-7-14(15)16)23(20,21)19-11-5-6-13(18)12-19/h3-4,7-10,13H,2,5-6,11-12,18H2,1H3. The minimum absolute atomic E-state index is 0.0903. The van der Waals surface area contributed by atoms with Gasteiger partial charge in [-0.15, -0.1) is 0 Å². The molecule has 0 aliphatic carbocycles. The van der Waals surface area contributed by atoms with Crippen molar-refractivity contribution in [1.82, 2.24) is 4.31 Å². The maximum atomic E-state index is 13.0. The van der Waals surface area contributed by atoms with Crippen molar-refractivity contribution < 1.29 is 13.2 Å². The van der Waals surface area contributed by atoms with Gasteiger partial charge in [0.15, 0.2) is 0 Å². The number of fused-ring (bicyclic) bond motifs is 1. The molecule has 0 spiro atoms.